The van der Waals surface area contributed by atoms with Gasteiger partial charge in [-0.1, -0.05) is 34.1 Å². The lowest BCUT2D eigenvalue weighted by Gasteiger charge is -2.40. The first-order valence-corrected chi connectivity index (χ1v) is 9.92. The van der Waals surface area contributed by atoms with Crippen LogP contribution in [0.25, 0.3) is 10.8 Å². The zero-order chi connectivity index (χ0) is 19.8. The Labute approximate surface area is 168 Å². The molecule has 0 spiro atoms. The molecule has 2 aromatic rings. The van der Waals surface area contributed by atoms with Crippen molar-refractivity contribution in [3.05, 3.63) is 46.4 Å². The second-order valence-corrected chi connectivity index (χ2v) is 8.80. The van der Waals surface area contributed by atoms with Crippen LogP contribution < -0.4 is 0 Å². The van der Waals surface area contributed by atoms with Crippen molar-refractivity contribution < 1.29 is 14.3 Å². The number of halogens is 1. The molecule has 5 nitrogen and oxygen atoms in total. The van der Waals surface area contributed by atoms with Crippen LogP contribution >= 0.6 is 15.9 Å². The largest absolute Gasteiger partial charge is 0.444 e. The first kappa shape index (κ1) is 19.7. The van der Waals surface area contributed by atoms with Crippen LogP contribution in [-0.4, -0.2) is 53.1 Å². The van der Waals surface area contributed by atoms with E-state index in [1.807, 2.05) is 69.0 Å². The fourth-order valence-corrected chi connectivity index (χ4v) is 3.81. The Morgan fingerprint density at radius 2 is 1.89 bits per heavy atom. The number of amides is 2. The van der Waals surface area contributed by atoms with Gasteiger partial charge in [-0.25, -0.2) is 4.79 Å². The van der Waals surface area contributed by atoms with Crippen molar-refractivity contribution in [3.63, 3.8) is 0 Å². The molecule has 1 aliphatic heterocycles. The minimum atomic E-state index is -0.521. The Morgan fingerprint density at radius 3 is 2.56 bits per heavy atom. The van der Waals surface area contributed by atoms with Crippen LogP contribution in [0.3, 0.4) is 0 Å². The SMILES string of the molecule is CC1CN(C(=O)OC(C)(C)C)CCN1C(=O)c1ccc2c(Br)cccc2c1. The Balaban J connectivity index is 1.72. The van der Waals surface area contributed by atoms with E-state index in [0.717, 1.165) is 15.2 Å². The van der Waals surface area contributed by atoms with Crippen molar-refractivity contribution in [2.75, 3.05) is 19.6 Å². The summed E-state index contributed by atoms with van der Waals surface area (Å²) in [6.07, 6.45) is -0.322. The van der Waals surface area contributed by atoms with Crippen molar-refractivity contribution in [2.24, 2.45) is 0 Å². The van der Waals surface area contributed by atoms with Gasteiger partial charge in [0.05, 0.1) is 0 Å². The molecule has 3 rings (SSSR count). The number of hydrogen-bond acceptors (Lipinski definition) is 3. The van der Waals surface area contributed by atoms with Gasteiger partial charge in [-0.2, -0.15) is 0 Å². The number of benzene rings is 2. The molecule has 2 aromatic carbocycles. The van der Waals surface area contributed by atoms with E-state index < -0.39 is 5.60 Å². The first-order valence-electron chi connectivity index (χ1n) is 9.13. The Kier molecular flexibility index (Phi) is 5.47. The topological polar surface area (TPSA) is 49.9 Å². The molecule has 1 unspecified atom stereocenters. The molecule has 0 N–H and O–H groups in total. The average molecular weight is 433 g/mol. The van der Waals surface area contributed by atoms with Gasteiger partial charge in [0.2, 0.25) is 0 Å². The lowest BCUT2D eigenvalue weighted by Crippen LogP contribution is -2.56. The monoisotopic (exact) mass is 432 g/mol. The van der Waals surface area contributed by atoms with Crippen LogP contribution in [0, 0.1) is 0 Å². The molecule has 1 atom stereocenters. The summed E-state index contributed by atoms with van der Waals surface area (Å²) in [5, 5.41) is 2.10. The predicted octanol–water partition coefficient (Wildman–Crippen LogP) is 4.68. The Hall–Kier alpha value is -2.08. The van der Waals surface area contributed by atoms with Gasteiger partial charge in [0.15, 0.2) is 0 Å². The standard InChI is InChI=1S/C21H25BrN2O3/c1-14-13-23(20(26)27-21(2,3)4)10-11-24(14)19(25)16-8-9-17-15(12-16)6-5-7-18(17)22/h5-9,12,14H,10-11,13H2,1-4H3. The number of carbonyl (C=O) groups excluding carboxylic acids is 2. The number of hydrogen-bond donors (Lipinski definition) is 0. The van der Waals surface area contributed by atoms with Crippen LogP contribution in [0.5, 0.6) is 0 Å². The molecule has 1 saturated heterocycles. The third kappa shape index (κ3) is 4.43. The third-order valence-corrected chi connectivity index (χ3v) is 5.31. The van der Waals surface area contributed by atoms with E-state index in [2.05, 4.69) is 15.9 Å². The molecule has 0 aromatic heterocycles. The van der Waals surface area contributed by atoms with Crippen LogP contribution in [-0.2, 0) is 4.74 Å². The van der Waals surface area contributed by atoms with Gasteiger partial charge in [-0.15, -0.1) is 0 Å². The van der Waals surface area contributed by atoms with E-state index in [1.54, 1.807) is 4.90 Å². The molecular weight excluding hydrogens is 408 g/mol. The minimum absolute atomic E-state index is 0.00628. The van der Waals surface area contributed by atoms with Crippen molar-refractivity contribution in [1.82, 2.24) is 9.80 Å². The number of ether oxygens (including phenoxy) is 1. The Bertz CT molecular complexity index is 875. The normalized spacial score (nSPS) is 17.9. The zero-order valence-corrected chi connectivity index (χ0v) is 17.7. The van der Waals surface area contributed by atoms with E-state index in [-0.39, 0.29) is 18.0 Å². The fourth-order valence-electron chi connectivity index (χ4n) is 3.29. The van der Waals surface area contributed by atoms with Crippen molar-refractivity contribution in [3.8, 4) is 0 Å². The van der Waals surface area contributed by atoms with Gasteiger partial charge < -0.3 is 14.5 Å². The Morgan fingerprint density at radius 1 is 1.15 bits per heavy atom. The van der Waals surface area contributed by atoms with Gasteiger partial charge in [-0.3, -0.25) is 4.79 Å². The summed E-state index contributed by atoms with van der Waals surface area (Å²) in [6, 6.07) is 11.6. The smallest absolute Gasteiger partial charge is 0.410 e. The molecule has 1 aliphatic rings. The van der Waals surface area contributed by atoms with Gasteiger partial charge in [0, 0.05) is 35.7 Å². The van der Waals surface area contributed by atoms with Crippen molar-refractivity contribution in [1.29, 1.82) is 0 Å². The molecule has 0 bridgehead atoms. The third-order valence-electron chi connectivity index (χ3n) is 4.61. The van der Waals surface area contributed by atoms with E-state index >= 15 is 0 Å². The number of carbonyl (C=O) groups is 2. The highest BCUT2D eigenvalue weighted by molar-refractivity contribution is 9.10. The number of rotatable bonds is 1. The maximum Gasteiger partial charge on any atom is 0.410 e. The molecule has 0 saturated carbocycles. The molecule has 0 aliphatic carbocycles. The lowest BCUT2D eigenvalue weighted by atomic mass is 10.0. The lowest BCUT2D eigenvalue weighted by molar-refractivity contribution is 0.00617. The molecule has 144 valence electrons. The summed E-state index contributed by atoms with van der Waals surface area (Å²) in [5.41, 5.74) is 0.144. The maximum absolute atomic E-state index is 13.0. The summed E-state index contributed by atoms with van der Waals surface area (Å²) >= 11 is 3.54. The summed E-state index contributed by atoms with van der Waals surface area (Å²) in [6.45, 7) is 8.97. The zero-order valence-electron chi connectivity index (χ0n) is 16.2. The molecule has 1 heterocycles. The number of fused-ring (bicyclic) bond motifs is 1. The highest BCUT2D eigenvalue weighted by atomic mass is 79.9. The number of piperazine rings is 1. The first-order chi connectivity index (χ1) is 12.7. The van der Waals surface area contributed by atoms with E-state index in [1.165, 1.54) is 0 Å². The van der Waals surface area contributed by atoms with E-state index in [9.17, 15) is 9.59 Å². The van der Waals surface area contributed by atoms with E-state index in [4.69, 9.17) is 4.74 Å². The molecule has 27 heavy (non-hydrogen) atoms. The van der Waals surface area contributed by atoms with Gasteiger partial charge >= 0.3 is 6.09 Å². The molecule has 6 heteroatoms. The quantitative estimate of drug-likeness (QED) is 0.656. The van der Waals surface area contributed by atoms with Crippen molar-refractivity contribution in [2.45, 2.75) is 39.3 Å². The van der Waals surface area contributed by atoms with Crippen LogP contribution in [0.4, 0.5) is 4.79 Å². The highest BCUT2D eigenvalue weighted by Gasteiger charge is 2.32. The molecular formula is C21H25BrN2O3. The molecule has 0 radical (unpaired) electrons. The summed E-state index contributed by atoms with van der Waals surface area (Å²) < 4.78 is 6.46. The number of nitrogens with zero attached hydrogens (tertiary/aromatic N) is 2. The summed E-state index contributed by atoms with van der Waals surface area (Å²) in [4.78, 5) is 28.8. The van der Waals surface area contributed by atoms with Gasteiger partial charge in [0.1, 0.15) is 5.60 Å². The van der Waals surface area contributed by atoms with Crippen LogP contribution in [0.1, 0.15) is 38.1 Å². The second-order valence-electron chi connectivity index (χ2n) is 7.95. The second kappa shape index (κ2) is 7.50. The molecule has 2 amide bonds. The molecule has 1 fully saturated rings. The fraction of sp³-hybridized carbons (Fsp3) is 0.429. The van der Waals surface area contributed by atoms with Crippen molar-refractivity contribution >= 4 is 38.7 Å². The minimum Gasteiger partial charge on any atom is -0.444 e. The van der Waals surface area contributed by atoms with Crippen LogP contribution in [0.2, 0.25) is 0 Å². The highest BCUT2D eigenvalue weighted by Crippen LogP contribution is 2.26. The van der Waals surface area contributed by atoms with Gasteiger partial charge in [-0.05, 0) is 56.7 Å². The van der Waals surface area contributed by atoms with Crippen LogP contribution in [0.15, 0.2) is 40.9 Å². The van der Waals surface area contributed by atoms with Gasteiger partial charge in [0.25, 0.3) is 5.91 Å². The summed E-state index contributed by atoms with van der Waals surface area (Å²) in [7, 11) is 0. The maximum atomic E-state index is 13.0. The average Bonchev–Trinajstić information content (AvgIpc) is 2.59. The predicted molar refractivity (Wildman–Crippen MR) is 110 cm³/mol. The summed E-state index contributed by atoms with van der Waals surface area (Å²) in [5.74, 6) is -0.00628. The van der Waals surface area contributed by atoms with E-state index in [0.29, 0.717) is 25.2 Å².